The Bertz CT molecular complexity index is 473. The summed E-state index contributed by atoms with van der Waals surface area (Å²) < 4.78 is 2.16. The van der Waals surface area contributed by atoms with Crippen molar-refractivity contribution in [2.75, 3.05) is 20.1 Å². The summed E-state index contributed by atoms with van der Waals surface area (Å²) in [5, 5.41) is 3.39. The zero-order valence-electron chi connectivity index (χ0n) is 13.5. The number of hydrogen-bond donors (Lipinski definition) is 1. The van der Waals surface area contributed by atoms with Crippen LogP contribution in [0, 0.1) is 11.3 Å². The average molecular weight is 276 g/mol. The quantitative estimate of drug-likeness (QED) is 0.662. The van der Waals surface area contributed by atoms with Crippen LogP contribution in [0.4, 0.5) is 0 Å². The Morgan fingerprint density at radius 3 is 2.75 bits per heavy atom. The van der Waals surface area contributed by atoms with Crippen LogP contribution in [0.25, 0.3) is 0 Å². The first kappa shape index (κ1) is 14.9. The maximum absolute atomic E-state index is 4.80. The van der Waals surface area contributed by atoms with E-state index in [1.54, 1.807) is 0 Å². The molecule has 1 aliphatic carbocycles. The third-order valence-electron chi connectivity index (χ3n) is 4.33. The highest BCUT2D eigenvalue weighted by atomic mass is 15.3. The van der Waals surface area contributed by atoms with E-state index in [1.807, 2.05) is 0 Å². The van der Waals surface area contributed by atoms with Crippen molar-refractivity contribution in [3.63, 3.8) is 0 Å². The molecule has 0 aromatic carbocycles. The van der Waals surface area contributed by atoms with Gasteiger partial charge in [0.25, 0.3) is 0 Å². The van der Waals surface area contributed by atoms with Gasteiger partial charge in [-0.1, -0.05) is 13.8 Å². The van der Waals surface area contributed by atoms with E-state index in [1.165, 1.54) is 12.1 Å². The third-order valence-corrected chi connectivity index (χ3v) is 4.33. The lowest BCUT2D eigenvalue weighted by molar-refractivity contribution is 0.459. The van der Waals surface area contributed by atoms with Gasteiger partial charge in [-0.3, -0.25) is 4.99 Å². The molecule has 1 N–H and O–H groups in total. The number of aliphatic imine (C=N–C) groups is 1. The number of rotatable bonds is 5. The summed E-state index contributed by atoms with van der Waals surface area (Å²) in [6, 6.07) is 4.24. The molecule has 1 aromatic heterocycles. The first-order valence-electron chi connectivity index (χ1n) is 7.53. The average Bonchev–Trinajstić information content (AvgIpc) is 2.79. The standard InChI is InChI=1S/C16H28N4/c1-6-17-15(18-11-13-10-16(13,2)3)20(5)12-14-8-7-9-19(14)4/h7-9,13H,6,10-12H2,1-5H3,(H,17,18). The van der Waals surface area contributed by atoms with E-state index in [4.69, 9.17) is 4.99 Å². The van der Waals surface area contributed by atoms with Gasteiger partial charge in [-0.05, 0) is 36.8 Å². The topological polar surface area (TPSA) is 32.6 Å². The molecule has 4 heteroatoms. The second-order valence-corrected chi connectivity index (χ2v) is 6.55. The fourth-order valence-electron chi connectivity index (χ4n) is 2.53. The van der Waals surface area contributed by atoms with Crippen LogP contribution in [0.1, 0.15) is 32.9 Å². The molecule has 1 atom stereocenters. The van der Waals surface area contributed by atoms with E-state index in [0.29, 0.717) is 5.41 Å². The Kier molecular flexibility index (Phi) is 4.41. The fourth-order valence-corrected chi connectivity index (χ4v) is 2.53. The van der Waals surface area contributed by atoms with Gasteiger partial charge < -0.3 is 14.8 Å². The number of guanidine groups is 1. The first-order chi connectivity index (χ1) is 9.44. The first-order valence-corrected chi connectivity index (χ1v) is 7.53. The minimum Gasteiger partial charge on any atom is -0.357 e. The summed E-state index contributed by atoms with van der Waals surface area (Å²) >= 11 is 0. The molecule has 0 bridgehead atoms. The van der Waals surface area contributed by atoms with Crippen molar-refractivity contribution < 1.29 is 0 Å². The van der Waals surface area contributed by atoms with Gasteiger partial charge >= 0.3 is 0 Å². The molecule has 0 aliphatic heterocycles. The molecule has 4 nitrogen and oxygen atoms in total. The monoisotopic (exact) mass is 276 g/mol. The Morgan fingerprint density at radius 2 is 2.25 bits per heavy atom. The molecule has 1 saturated carbocycles. The van der Waals surface area contributed by atoms with Crippen molar-refractivity contribution in [1.29, 1.82) is 0 Å². The maximum atomic E-state index is 4.80. The summed E-state index contributed by atoms with van der Waals surface area (Å²) in [6.45, 7) is 9.50. The van der Waals surface area contributed by atoms with Gasteiger partial charge in [0.2, 0.25) is 0 Å². The van der Waals surface area contributed by atoms with Gasteiger partial charge in [0.15, 0.2) is 5.96 Å². The van der Waals surface area contributed by atoms with E-state index in [-0.39, 0.29) is 0 Å². The Balaban J connectivity index is 1.96. The molecule has 1 heterocycles. The van der Waals surface area contributed by atoms with E-state index < -0.39 is 0 Å². The van der Waals surface area contributed by atoms with Crippen molar-refractivity contribution in [3.8, 4) is 0 Å². The molecule has 1 aliphatic rings. The minimum atomic E-state index is 0.498. The molecule has 2 rings (SSSR count). The van der Waals surface area contributed by atoms with Crippen molar-refractivity contribution in [3.05, 3.63) is 24.0 Å². The Hall–Kier alpha value is -1.45. The molecular formula is C16H28N4. The molecule has 1 fully saturated rings. The van der Waals surface area contributed by atoms with E-state index in [9.17, 15) is 0 Å². The zero-order chi connectivity index (χ0) is 14.8. The predicted molar refractivity (Wildman–Crippen MR) is 84.7 cm³/mol. The molecular weight excluding hydrogens is 248 g/mol. The molecule has 0 amide bonds. The molecule has 20 heavy (non-hydrogen) atoms. The van der Waals surface area contributed by atoms with Crippen molar-refractivity contribution >= 4 is 5.96 Å². The van der Waals surface area contributed by atoms with Crippen molar-refractivity contribution in [2.24, 2.45) is 23.4 Å². The minimum absolute atomic E-state index is 0.498. The lowest BCUT2D eigenvalue weighted by atomic mass is 10.1. The second kappa shape index (κ2) is 5.90. The number of hydrogen-bond acceptors (Lipinski definition) is 1. The summed E-state index contributed by atoms with van der Waals surface area (Å²) in [5.41, 5.74) is 1.79. The van der Waals surface area contributed by atoms with Crippen LogP contribution in [0.15, 0.2) is 23.3 Å². The Labute approximate surface area is 122 Å². The normalized spacial score (nSPS) is 20.9. The summed E-state index contributed by atoms with van der Waals surface area (Å²) in [7, 11) is 4.19. The van der Waals surface area contributed by atoms with Crippen LogP contribution in [-0.4, -0.2) is 35.6 Å². The van der Waals surface area contributed by atoms with Crippen LogP contribution >= 0.6 is 0 Å². The van der Waals surface area contributed by atoms with Crippen LogP contribution in [-0.2, 0) is 13.6 Å². The summed E-state index contributed by atoms with van der Waals surface area (Å²) in [4.78, 5) is 7.01. The van der Waals surface area contributed by atoms with E-state index in [0.717, 1.165) is 31.5 Å². The number of aromatic nitrogens is 1. The highest BCUT2D eigenvalue weighted by molar-refractivity contribution is 5.79. The van der Waals surface area contributed by atoms with Crippen LogP contribution in [0.5, 0.6) is 0 Å². The van der Waals surface area contributed by atoms with Crippen molar-refractivity contribution in [2.45, 2.75) is 33.7 Å². The van der Waals surface area contributed by atoms with Gasteiger partial charge in [-0.25, -0.2) is 0 Å². The fraction of sp³-hybridized carbons (Fsp3) is 0.688. The van der Waals surface area contributed by atoms with Crippen LogP contribution in [0.3, 0.4) is 0 Å². The van der Waals surface area contributed by atoms with E-state index in [2.05, 4.69) is 68.0 Å². The number of nitrogens with zero attached hydrogens (tertiary/aromatic N) is 3. The zero-order valence-corrected chi connectivity index (χ0v) is 13.5. The SMILES string of the molecule is CCNC(=NCC1CC1(C)C)N(C)Cc1cccn1C. The van der Waals surface area contributed by atoms with E-state index >= 15 is 0 Å². The number of nitrogens with one attached hydrogen (secondary N) is 1. The third kappa shape index (κ3) is 3.56. The van der Waals surface area contributed by atoms with Crippen LogP contribution < -0.4 is 5.32 Å². The second-order valence-electron chi connectivity index (χ2n) is 6.55. The lowest BCUT2D eigenvalue weighted by Crippen LogP contribution is -2.39. The molecule has 0 saturated heterocycles. The summed E-state index contributed by atoms with van der Waals surface area (Å²) in [5.74, 6) is 1.76. The maximum Gasteiger partial charge on any atom is 0.194 e. The molecule has 112 valence electrons. The predicted octanol–water partition coefficient (Wildman–Crippen LogP) is 2.47. The molecule has 0 radical (unpaired) electrons. The summed E-state index contributed by atoms with van der Waals surface area (Å²) in [6.07, 6.45) is 3.39. The van der Waals surface area contributed by atoms with Gasteiger partial charge in [-0.2, -0.15) is 0 Å². The Morgan fingerprint density at radius 1 is 1.55 bits per heavy atom. The lowest BCUT2D eigenvalue weighted by Gasteiger charge is -2.22. The van der Waals surface area contributed by atoms with Crippen LogP contribution in [0.2, 0.25) is 0 Å². The van der Waals surface area contributed by atoms with Gasteiger partial charge in [-0.15, -0.1) is 0 Å². The van der Waals surface area contributed by atoms with Gasteiger partial charge in [0.05, 0.1) is 6.54 Å². The number of aryl methyl sites for hydroxylation is 1. The smallest absolute Gasteiger partial charge is 0.194 e. The van der Waals surface area contributed by atoms with Gasteiger partial charge in [0, 0.05) is 39.1 Å². The highest BCUT2D eigenvalue weighted by Gasteiger charge is 2.45. The molecule has 1 unspecified atom stereocenters. The molecule has 1 aromatic rings. The van der Waals surface area contributed by atoms with Crippen molar-refractivity contribution in [1.82, 2.24) is 14.8 Å². The largest absolute Gasteiger partial charge is 0.357 e. The molecule has 0 spiro atoms. The van der Waals surface area contributed by atoms with Gasteiger partial charge in [0.1, 0.15) is 0 Å². The highest BCUT2D eigenvalue weighted by Crippen LogP contribution is 2.51.